The van der Waals surface area contributed by atoms with E-state index in [1.165, 1.54) is 21.9 Å². The normalized spacial score (nSPS) is 11.8. The summed E-state index contributed by atoms with van der Waals surface area (Å²) >= 11 is 0. The fourth-order valence-corrected chi connectivity index (χ4v) is 3.63. The van der Waals surface area contributed by atoms with Crippen molar-refractivity contribution in [2.75, 3.05) is 0 Å². The minimum absolute atomic E-state index is 0.934. The van der Waals surface area contributed by atoms with Crippen molar-refractivity contribution in [1.82, 2.24) is 4.52 Å². The zero-order valence-electron chi connectivity index (χ0n) is 13.7. The third-order valence-corrected chi connectivity index (χ3v) is 4.85. The SMILES string of the molecule is Cc1ccc2c(oc3ccccc32)c1-c1ccc2cccn2[n+]1C. The number of aryl methyl sites for hydroxylation is 2. The Labute approximate surface area is 139 Å². The number of para-hydroxylation sites is 1. The molecule has 0 N–H and O–H groups in total. The van der Waals surface area contributed by atoms with E-state index in [-0.39, 0.29) is 0 Å². The maximum atomic E-state index is 6.24. The first-order valence-electron chi connectivity index (χ1n) is 8.11. The van der Waals surface area contributed by atoms with Crippen LogP contribution < -0.4 is 4.68 Å². The topological polar surface area (TPSA) is 21.4 Å². The molecule has 0 atom stereocenters. The molecule has 0 aliphatic rings. The molecular weight excluding hydrogens is 296 g/mol. The number of furan rings is 1. The second-order valence-electron chi connectivity index (χ2n) is 6.25. The quantitative estimate of drug-likeness (QED) is 0.413. The molecular formula is C21H17N2O+. The molecule has 3 aromatic heterocycles. The van der Waals surface area contributed by atoms with Crippen LogP contribution in [0.4, 0.5) is 0 Å². The van der Waals surface area contributed by atoms with Gasteiger partial charge in [0.25, 0.3) is 0 Å². The number of hydrogen-bond donors (Lipinski definition) is 0. The number of nitrogens with zero attached hydrogens (tertiary/aromatic N) is 2. The first-order chi connectivity index (χ1) is 11.7. The summed E-state index contributed by atoms with van der Waals surface area (Å²) in [7, 11) is 2.09. The minimum atomic E-state index is 0.934. The number of benzene rings is 2. The van der Waals surface area contributed by atoms with Gasteiger partial charge in [0.05, 0.1) is 11.8 Å². The molecule has 3 heteroatoms. The second kappa shape index (κ2) is 4.71. The second-order valence-corrected chi connectivity index (χ2v) is 6.25. The van der Waals surface area contributed by atoms with Gasteiger partial charge in [-0.1, -0.05) is 30.3 Å². The summed E-state index contributed by atoms with van der Waals surface area (Å²) in [6.45, 7) is 2.14. The molecule has 5 rings (SSSR count). The van der Waals surface area contributed by atoms with Crippen LogP contribution in [0, 0.1) is 6.92 Å². The summed E-state index contributed by atoms with van der Waals surface area (Å²) in [6, 6.07) is 21.1. The number of fused-ring (bicyclic) bond motifs is 4. The van der Waals surface area contributed by atoms with Gasteiger partial charge < -0.3 is 4.42 Å². The molecule has 0 aliphatic carbocycles. The highest BCUT2D eigenvalue weighted by Crippen LogP contribution is 2.36. The lowest BCUT2D eigenvalue weighted by Gasteiger charge is -2.06. The van der Waals surface area contributed by atoms with Crippen LogP contribution in [0.5, 0.6) is 0 Å². The molecule has 0 aliphatic heterocycles. The fourth-order valence-electron chi connectivity index (χ4n) is 3.63. The maximum Gasteiger partial charge on any atom is 0.241 e. The summed E-state index contributed by atoms with van der Waals surface area (Å²) in [6.07, 6.45) is 2.08. The third-order valence-electron chi connectivity index (χ3n) is 4.85. The Morgan fingerprint density at radius 1 is 0.875 bits per heavy atom. The van der Waals surface area contributed by atoms with Gasteiger partial charge in [-0.25, -0.2) is 0 Å². The number of hydrogen-bond acceptors (Lipinski definition) is 1. The van der Waals surface area contributed by atoms with E-state index in [2.05, 4.69) is 77.9 Å². The first kappa shape index (κ1) is 13.4. The van der Waals surface area contributed by atoms with Gasteiger partial charge in [0.2, 0.25) is 5.69 Å². The standard InChI is InChI=1S/C21H17N2O/c1-14-9-11-17-16-7-3-4-8-19(16)24-21(17)20(14)18-12-10-15-6-5-13-23(15)22(18)2/h3-13H,1-2H3/q+1. The Bertz CT molecular complexity index is 1230. The predicted molar refractivity (Wildman–Crippen MR) is 96.0 cm³/mol. The Balaban J connectivity index is 1.94. The smallest absolute Gasteiger partial charge is 0.241 e. The molecule has 0 amide bonds. The van der Waals surface area contributed by atoms with Gasteiger partial charge in [0.15, 0.2) is 7.05 Å². The van der Waals surface area contributed by atoms with Crippen LogP contribution >= 0.6 is 0 Å². The lowest BCUT2D eigenvalue weighted by atomic mass is 10.0. The summed E-state index contributed by atoms with van der Waals surface area (Å²) in [5.41, 5.74) is 6.57. The van der Waals surface area contributed by atoms with E-state index in [1.54, 1.807) is 0 Å². The molecule has 3 nitrogen and oxygen atoms in total. The molecule has 116 valence electrons. The van der Waals surface area contributed by atoms with Gasteiger partial charge in [-0.15, -0.1) is 9.20 Å². The highest BCUT2D eigenvalue weighted by atomic mass is 16.3. The predicted octanol–water partition coefficient (Wildman–Crippen LogP) is 4.64. The third kappa shape index (κ3) is 1.69. The molecule has 24 heavy (non-hydrogen) atoms. The highest BCUT2D eigenvalue weighted by Gasteiger charge is 2.21. The summed E-state index contributed by atoms with van der Waals surface area (Å²) in [5, 5.41) is 2.33. The van der Waals surface area contributed by atoms with Crippen LogP contribution in [0.15, 0.2) is 71.3 Å². The monoisotopic (exact) mass is 313 g/mol. The van der Waals surface area contributed by atoms with Crippen LogP contribution in [-0.2, 0) is 7.05 Å². The lowest BCUT2D eigenvalue weighted by Crippen LogP contribution is -2.39. The van der Waals surface area contributed by atoms with Crippen LogP contribution in [-0.4, -0.2) is 4.52 Å². The fraction of sp³-hybridized carbons (Fsp3) is 0.0952. The minimum Gasteiger partial charge on any atom is -0.455 e. The molecule has 0 unspecified atom stereocenters. The molecule has 0 bridgehead atoms. The molecule has 3 heterocycles. The van der Waals surface area contributed by atoms with E-state index in [0.717, 1.165) is 22.4 Å². The van der Waals surface area contributed by atoms with Crippen molar-refractivity contribution in [3.63, 3.8) is 0 Å². The molecule has 0 radical (unpaired) electrons. The molecule has 0 saturated heterocycles. The van der Waals surface area contributed by atoms with Gasteiger partial charge in [-0.05, 0) is 36.8 Å². The maximum absolute atomic E-state index is 6.24. The summed E-state index contributed by atoms with van der Waals surface area (Å²) in [4.78, 5) is 0. The van der Waals surface area contributed by atoms with E-state index in [9.17, 15) is 0 Å². The van der Waals surface area contributed by atoms with Crippen LogP contribution in [0.1, 0.15) is 5.56 Å². The Hall–Kier alpha value is -3.07. The highest BCUT2D eigenvalue weighted by molar-refractivity contribution is 6.09. The lowest BCUT2D eigenvalue weighted by molar-refractivity contribution is -0.730. The van der Waals surface area contributed by atoms with Gasteiger partial charge in [0, 0.05) is 16.8 Å². The van der Waals surface area contributed by atoms with Crippen molar-refractivity contribution >= 4 is 27.5 Å². The zero-order chi connectivity index (χ0) is 16.3. The van der Waals surface area contributed by atoms with Crippen molar-refractivity contribution in [2.45, 2.75) is 6.92 Å². The van der Waals surface area contributed by atoms with Crippen molar-refractivity contribution in [3.05, 3.63) is 72.4 Å². The molecule has 2 aromatic carbocycles. The van der Waals surface area contributed by atoms with Crippen molar-refractivity contribution in [2.24, 2.45) is 7.05 Å². The van der Waals surface area contributed by atoms with Gasteiger partial charge in [0.1, 0.15) is 16.7 Å². The van der Waals surface area contributed by atoms with Crippen LogP contribution in [0.2, 0.25) is 0 Å². The van der Waals surface area contributed by atoms with Gasteiger partial charge >= 0.3 is 0 Å². The van der Waals surface area contributed by atoms with Crippen LogP contribution in [0.3, 0.4) is 0 Å². The average molecular weight is 313 g/mol. The van der Waals surface area contributed by atoms with E-state index >= 15 is 0 Å². The number of aromatic nitrogens is 2. The van der Waals surface area contributed by atoms with E-state index in [4.69, 9.17) is 4.42 Å². The summed E-state index contributed by atoms with van der Waals surface area (Å²) in [5.74, 6) is 0. The average Bonchev–Trinajstić information content (AvgIpc) is 3.20. The number of rotatable bonds is 1. The van der Waals surface area contributed by atoms with Crippen molar-refractivity contribution < 1.29 is 9.10 Å². The molecule has 5 aromatic rings. The van der Waals surface area contributed by atoms with E-state index < -0.39 is 0 Å². The molecule has 0 fully saturated rings. The van der Waals surface area contributed by atoms with Crippen molar-refractivity contribution in [3.8, 4) is 11.3 Å². The Morgan fingerprint density at radius 3 is 2.67 bits per heavy atom. The Kier molecular flexibility index (Phi) is 2.63. The Morgan fingerprint density at radius 2 is 1.75 bits per heavy atom. The van der Waals surface area contributed by atoms with Crippen LogP contribution in [0.25, 0.3) is 38.7 Å². The summed E-state index contributed by atoms with van der Waals surface area (Å²) < 4.78 is 10.6. The van der Waals surface area contributed by atoms with E-state index in [0.29, 0.717) is 0 Å². The molecule has 0 spiro atoms. The van der Waals surface area contributed by atoms with E-state index in [1.807, 2.05) is 12.1 Å². The molecule has 0 saturated carbocycles. The largest absolute Gasteiger partial charge is 0.455 e. The first-order valence-corrected chi connectivity index (χ1v) is 8.11. The zero-order valence-corrected chi connectivity index (χ0v) is 13.7. The van der Waals surface area contributed by atoms with Gasteiger partial charge in [-0.3, -0.25) is 0 Å². The van der Waals surface area contributed by atoms with Gasteiger partial charge in [-0.2, -0.15) is 0 Å². The van der Waals surface area contributed by atoms with Crippen molar-refractivity contribution in [1.29, 1.82) is 0 Å².